The van der Waals surface area contributed by atoms with Gasteiger partial charge in [0.05, 0.1) is 10.6 Å². The number of amides is 1. The Morgan fingerprint density at radius 1 is 0.962 bits per heavy atom. The largest absolute Gasteiger partial charge is 0.308 e. The monoisotopic (exact) mass is 366 g/mol. The van der Waals surface area contributed by atoms with Crippen LogP contribution in [0.2, 0.25) is 0 Å². The lowest BCUT2D eigenvalue weighted by molar-refractivity contribution is 0.0994. The summed E-state index contributed by atoms with van der Waals surface area (Å²) in [6, 6.07) is 17.9. The Balaban J connectivity index is 1.79. The molecule has 0 atom stereocenters. The van der Waals surface area contributed by atoms with E-state index >= 15 is 0 Å². The van der Waals surface area contributed by atoms with Crippen molar-refractivity contribution in [1.82, 2.24) is 4.72 Å². The van der Waals surface area contributed by atoms with Crippen LogP contribution in [0.5, 0.6) is 0 Å². The van der Waals surface area contributed by atoms with Gasteiger partial charge in [-0.15, -0.1) is 0 Å². The van der Waals surface area contributed by atoms with Gasteiger partial charge in [-0.25, -0.2) is 13.1 Å². The fourth-order valence-electron chi connectivity index (χ4n) is 3.42. The van der Waals surface area contributed by atoms with E-state index in [1.54, 1.807) is 35.2 Å². The summed E-state index contributed by atoms with van der Waals surface area (Å²) in [4.78, 5) is 14.4. The predicted octanol–water partition coefficient (Wildman–Crippen LogP) is 3.30. The van der Waals surface area contributed by atoms with E-state index in [-0.39, 0.29) is 17.3 Å². The first-order valence-corrected chi connectivity index (χ1v) is 9.92. The van der Waals surface area contributed by atoms with E-state index in [2.05, 4.69) is 4.72 Å². The minimum atomic E-state index is -3.71. The van der Waals surface area contributed by atoms with Gasteiger partial charge in [-0.3, -0.25) is 4.79 Å². The minimum absolute atomic E-state index is 0.0834. The second-order valence-corrected chi connectivity index (χ2v) is 7.91. The van der Waals surface area contributed by atoms with Crippen LogP contribution in [-0.2, 0) is 16.6 Å². The number of hydrogen-bond donors (Lipinski definition) is 1. The maximum atomic E-state index is 12.9. The zero-order valence-electron chi connectivity index (χ0n) is 14.3. The summed E-state index contributed by atoms with van der Waals surface area (Å²) >= 11 is 0. The maximum absolute atomic E-state index is 12.9. The quantitative estimate of drug-likeness (QED) is 0.753. The van der Waals surface area contributed by atoms with Crippen molar-refractivity contribution in [3.05, 3.63) is 71.8 Å². The molecule has 0 saturated heterocycles. The molecule has 0 aliphatic carbocycles. The van der Waals surface area contributed by atoms with Crippen molar-refractivity contribution < 1.29 is 13.2 Å². The Morgan fingerprint density at radius 3 is 2.46 bits per heavy atom. The fraction of sp³-hybridized carbons (Fsp3) is 0.150. The van der Waals surface area contributed by atoms with Crippen LogP contribution < -0.4 is 9.62 Å². The maximum Gasteiger partial charge on any atom is 0.258 e. The molecule has 0 aromatic heterocycles. The molecule has 5 nitrogen and oxygen atoms in total. The van der Waals surface area contributed by atoms with E-state index in [9.17, 15) is 13.2 Å². The van der Waals surface area contributed by atoms with Crippen LogP contribution in [0.25, 0.3) is 10.8 Å². The molecule has 1 aliphatic rings. The summed E-state index contributed by atoms with van der Waals surface area (Å²) in [5.41, 5.74) is 2.21. The first-order valence-electron chi connectivity index (χ1n) is 8.44. The van der Waals surface area contributed by atoms with Crippen LogP contribution in [0.1, 0.15) is 22.8 Å². The van der Waals surface area contributed by atoms with Crippen LogP contribution in [-0.4, -0.2) is 20.9 Å². The Hall–Kier alpha value is -2.70. The number of hydrogen-bond acceptors (Lipinski definition) is 3. The molecule has 0 spiro atoms. The number of sulfonamides is 1. The number of rotatable bonds is 5. The van der Waals surface area contributed by atoms with E-state index in [0.717, 1.165) is 11.3 Å². The molecule has 4 rings (SSSR count). The van der Waals surface area contributed by atoms with Crippen molar-refractivity contribution in [2.45, 2.75) is 18.4 Å². The van der Waals surface area contributed by atoms with Crippen LogP contribution >= 0.6 is 0 Å². The van der Waals surface area contributed by atoms with Gasteiger partial charge in [-0.1, -0.05) is 42.5 Å². The van der Waals surface area contributed by atoms with Crippen molar-refractivity contribution >= 4 is 32.4 Å². The van der Waals surface area contributed by atoms with Gasteiger partial charge in [0.2, 0.25) is 10.0 Å². The molecule has 0 fully saturated rings. The Bertz CT molecular complexity index is 1110. The summed E-state index contributed by atoms with van der Waals surface area (Å²) < 4.78 is 28.4. The third-order valence-electron chi connectivity index (χ3n) is 4.66. The van der Waals surface area contributed by atoms with Crippen LogP contribution in [0.15, 0.2) is 65.6 Å². The van der Waals surface area contributed by atoms with Gasteiger partial charge >= 0.3 is 0 Å². The predicted molar refractivity (Wildman–Crippen MR) is 102 cm³/mol. The molecular weight excluding hydrogens is 348 g/mol. The molecule has 0 radical (unpaired) electrons. The SMILES string of the molecule is CCN1C(=O)c2cccc3c(S(=O)(=O)NCc4ccccc4)ccc1c23. The summed E-state index contributed by atoms with van der Waals surface area (Å²) in [5, 5.41) is 1.28. The van der Waals surface area contributed by atoms with Crippen LogP contribution in [0.3, 0.4) is 0 Å². The number of carbonyl (C=O) groups excluding carboxylic acids is 1. The highest BCUT2D eigenvalue weighted by atomic mass is 32.2. The lowest BCUT2D eigenvalue weighted by atomic mass is 10.1. The Kier molecular flexibility index (Phi) is 4.01. The third kappa shape index (κ3) is 2.58. The highest BCUT2D eigenvalue weighted by Gasteiger charge is 2.31. The molecule has 26 heavy (non-hydrogen) atoms. The van der Waals surface area contributed by atoms with Crippen molar-refractivity contribution in [2.75, 3.05) is 11.4 Å². The summed E-state index contributed by atoms with van der Waals surface area (Å²) in [6.45, 7) is 2.66. The highest BCUT2D eigenvalue weighted by Crippen LogP contribution is 2.39. The third-order valence-corrected chi connectivity index (χ3v) is 6.12. The van der Waals surface area contributed by atoms with Crippen LogP contribution in [0.4, 0.5) is 5.69 Å². The van der Waals surface area contributed by atoms with E-state index in [4.69, 9.17) is 0 Å². The first-order chi connectivity index (χ1) is 12.5. The number of nitrogens with zero attached hydrogens (tertiary/aromatic N) is 1. The topological polar surface area (TPSA) is 66.5 Å². The Morgan fingerprint density at radius 2 is 1.73 bits per heavy atom. The molecule has 6 heteroatoms. The second-order valence-electron chi connectivity index (χ2n) is 6.17. The number of anilines is 1. The molecule has 1 aliphatic heterocycles. The fourth-order valence-corrected chi connectivity index (χ4v) is 4.64. The van der Waals surface area contributed by atoms with Crippen molar-refractivity contribution in [1.29, 1.82) is 0 Å². The minimum Gasteiger partial charge on any atom is -0.308 e. The molecule has 1 amide bonds. The molecule has 1 N–H and O–H groups in total. The van der Waals surface area contributed by atoms with Crippen molar-refractivity contribution in [3.8, 4) is 0 Å². The average Bonchev–Trinajstić information content (AvgIpc) is 2.94. The Labute approximate surface area is 152 Å². The number of benzene rings is 3. The standard InChI is InChI=1S/C20H18N2O3S/c1-2-22-17-11-12-18(15-9-6-10-16(19(15)17)20(22)23)26(24,25)21-13-14-7-4-3-5-8-14/h3-12,21H,2,13H2,1H3. The summed E-state index contributed by atoms with van der Waals surface area (Å²) in [5.74, 6) is -0.0834. The summed E-state index contributed by atoms with van der Waals surface area (Å²) in [7, 11) is -3.71. The first kappa shape index (κ1) is 16.8. The molecule has 3 aromatic carbocycles. The van der Waals surface area contributed by atoms with Gasteiger partial charge in [0, 0.05) is 29.4 Å². The average molecular weight is 366 g/mol. The molecule has 132 valence electrons. The number of nitrogens with one attached hydrogen (secondary N) is 1. The van der Waals surface area contributed by atoms with Crippen LogP contribution in [0, 0.1) is 0 Å². The lowest BCUT2D eigenvalue weighted by Crippen LogP contribution is -2.26. The van der Waals surface area contributed by atoms with E-state index in [0.29, 0.717) is 22.9 Å². The molecular formula is C20H18N2O3S. The van der Waals surface area contributed by atoms with Crippen molar-refractivity contribution in [3.63, 3.8) is 0 Å². The van der Waals surface area contributed by atoms with Gasteiger partial charge in [0.25, 0.3) is 5.91 Å². The zero-order valence-corrected chi connectivity index (χ0v) is 15.1. The molecule has 3 aromatic rings. The van der Waals surface area contributed by atoms with Gasteiger partial charge < -0.3 is 4.90 Å². The molecule has 0 saturated carbocycles. The van der Waals surface area contributed by atoms with Crippen molar-refractivity contribution in [2.24, 2.45) is 0 Å². The van der Waals surface area contributed by atoms with E-state index in [1.807, 2.05) is 37.3 Å². The van der Waals surface area contributed by atoms with Gasteiger partial charge in [-0.05, 0) is 30.7 Å². The smallest absolute Gasteiger partial charge is 0.258 e. The highest BCUT2D eigenvalue weighted by molar-refractivity contribution is 7.89. The summed E-state index contributed by atoms with van der Waals surface area (Å²) in [6.07, 6.45) is 0. The van der Waals surface area contributed by atoms with Gasteiger partial charge in [-0.2, -0.15) is 0 Å². The molecule has 0 bridgehead atoms. The zero-order chi connectivity index (χ0) is 18.3. The molecule has 1 heterocycles. The molecule has 0 unspecified atom stereocenters. The normalized spacial score (nSPS) is 13.6. The van der Waals surface area contributed by atoms with E-state index < -0.39 is 10.0 Å². The van der Waals surface area contributed by atoms with Gasteiger partial charge in [0.1, 0.15) is 0 Å². The van der Waals surface area contributed by atoms with Gasteiger partial charge in [0.15, 0.2) is 0 Å². The lowest BCUT2D eigenvalue weighted by Gasteiger charge is -2.15. The van der Waals surface area contributed by atoms with E-state index in [1.165, 1.54) is 0 Å². The number of carbonyl (C=O) groups is 1. The second kappa shape index (κ2) is 6.23.